The molecule has 0 unspecified atom stereocenters. The van der Waals surface area contributed by atoms with Crippen molar-refractivity contribution in [2.45, 2.75) is 12.8 Å². The number of hydrogen-bond donors (Lipinski definition) is 0. The van der Waals surface area contributed by atoms with Crippen molar-refractivity contribution >= 4 is 16.7 Å². The zero-order valence-corrected chi connectivity index (χ0v) is 20.1. The van der Waals surface area contributed by atoms with Crippen LogP contribution in [0, 0.1) is 11.3 Å². The summed E-state index contributed by atoms with van der Waals surface area (Å²) in [4.78, 5) is 16.2. The van der Waals surface area contributed by atoms with Crippen molar-refractivity contribution in [1.82, 2.24) is 28.8 Å². The third-order valence-electron chi connectivity index (χ3n) is 6.33. The van der Waals surface area contributed by atoms with Crippen LogP contribution in [0.2, 0.25) is 0 Å². The van der Waals surface area contributed by atoms with Gasteiger partial charge in [-0.15, -0.1) is 0 Å². The van der Waals surface area contributed by atoms with Crippen LogP contribution in [0.4, 0.5) is 0 Å². The molecule has 0 amide bonds. The van der Waals surface area contributed by atoms with Crippen LogP contribution in [0.1, 0.15) is 18.4 Å². The van der Waals surface area contributed by atoms with Crippen LogP contribution in [0.15, 0.2) is 61.2 Å². The second-order valence-electron chi connectivity index (χ2n) is 8.70. The number of nitrogens with zero attached hydrogens (tertiary/aromatic N) is 7. The number of fused-ring (bicyclic) bond motifs is 2. The number of nitriles is 1. The van der Waals surface area contributed by atoms with E-state index in [4.69, 9.17) is 15.0 Å². The third kappa shape index (κ3) is 4.34. The summed E-state index contributed by atoms with van der Waals surface area (Å²) in [5.41, 5.74) is 6.75. The molecule has 5 aromatic rings. The monoisotopic (exact) mass is 465 g/mol. The van der Waals surface area contributed by atoms with Crippen LogP contribution < -0.4 is 4.74 Å². The summed E-state index contributed by atoms with van der Waals surface area (Å²) in [6.07, 6.45) is 8.18. The normalized spacial score (nSPS) is 13.5. The number of rotatable bonds is 3. The molecule has 1 aliphatic rings. The van der Waals surface area contributed by atoms with E-state index in [9.17, 15) is 0 Å². The molecule has 1 saturated heterocycles. The maximum absolute atomic E-state index is 9.12. The Morgan fingerprint density at radius 2 is 1.71 bits per heavy atom. The fourth-order valence-electron chi connectivity index (χ4n) is 4.44. The van der Waals surface area contributed by atoms with Gasteiger partial charge in [0.25, 0.3) is 0 Å². The highest BCUT2D eigenvalue weighted by Crippen LogP contribution is 2.36. The molecule has 8 heteroatoms. The largest absolute Gasteiger partial charge is 0.468 e. The SMILES string of the molecule is CN1CCCC1.COc1nc(-c2ccc(C#N)cc2)c(-c2ccc3c(c2)ncn3C)c2nccn12. The topological polar surface area (TPSA) is 84.3 Å². The van der Waals surface area contributed by atoms with Gasteiger partial charge in [0.1, 0.15) is 0 Å². The van der Waals surface area contributed by atoms with Crippen LogP contribution in [-0.4, -0.2) is 56.1 Å². The molecule has 8 nitrogen and oxygen atoms in total. The van der Waals surface area contributed by atoms with Gasteiger partial charge in [-0.05, 0) is 62.8 Å². The minimum atomic E-state index is 0.444. The van der Waals surface area contributed by atoms with Crippen molar-refractivity contribution in [3.63, 3.8) is 0 Å². The molecule has 1 aliphatic heterocycles. The highest BCUT2D eigenvalue weighted by atomic mass is 16.5. The lowest BCUT2D eigenvalue weighted by atomic mass is 9.99. The Morgan fingerprint density at radius 3 is 2.37 bits per heavy atom. The zero-order chi connectivity index (χ0) is 24.4. The molecule has 0 radical (unpaired) electrons. The van der Waals surface area contributed by atoms with Gasteiger partial charge in [-0.1, -0.05) is 18.2 Å². The lowest BCUT2D eigenvalue weighted by Gasteiger charge is -2.14. The second-order valence-corrected chi connectivity index (χ2v) is 8.70. The van der Waals surface area contributed by atoms with E-state index < -0.39 is 0 Å². The Kier molecular flexibility index (Phi) is 6.17. The first-order valence-corrected chi connectivity index (χ1v) is 11.6. The molecule has 0 bridgehead atoms. The van der Waals surface area contributed by atoms with Gasteiger partial charge in [-0.25, -0.2) is 9.97 Å². The fraction of sp³-hybridized carbons (Fsp3) is 0.259. The molecular formula is C27H27N7O. The zero-order valence-electron chi connectivity index (χ0n) is 20.1. The van der Waals surface area contributed by atoms with Gasteiger partial charge in [0.15, 0.2) is 5.65 Å². The van der Waals surface area contributed by atoms with Crippen molar-refractivity contribution in [3.8, 4) is 34.5 Å². The van der Waals surface area contributed by atoms with E-state index in [-0.39, 0.29) is 0 Å². The molecule has 176 valence electrons. The average Bonchev–Trinajstić information content (AvgIpc) is 3.65. The van der Waals surface area contributed by atoms with Gasteiger partial charge in [0, 0.05) is 25.0 Å². The average molecular weight is 466 g/mol. The van der Waals surface area contributed by atoms with E-state index in [1.807, 2.05) is 46.5 Å². The Morgan fingerprint density at radius 1 is 0.971 bits per heavy atom. The predicted molar refractivity (Wildman–Crippen MR) is 136 cm³/mol. The Labute approximate surface area is 204 Å². The molecule has 0 aliphatic carbocycles. The number of aromatic nitrogens is 5. The Bertz CT molecular complexity index is 1520. The molecule has 0 atom stereocenters. The highest BCUT2D eigenvalue weighted by Gasteiger charge is 2.19. The van der Waals surface area contributed by atoms with Crippen LogP contribution in [0.3, 0.4) is 0 Å². The van der Waals surface area contributed by atoms with Gasteiger partial charge in [-0.2, -0.15) is 10.2 Å². The van der Waals surface area contributed by atoms with E-state index in [1.165, 1.54) is 25.9 Å². The Hall–Kier alpha value is -4.22. The molecule has 3 aromatic heterocycles. The van der Waals surface area contributed by atoms with Crippen molar-refractivity contribution in [2.75, 3.05) is 27.2 Å². The van der Waals surface area contributed by atoms with Crippen molar-refractivity contribution < 1.29 is 4.74 Å². The third-order valence-corrected chi connectivity index (χ3v) is 6.33. The van der Waals surface area contributed by atoms with Crippen LogP contribution in [-0.2, 0) is 7.05 Å². The molecule has 35 heavy (non-hydrogen) atoms. The summed E-state index contributed by atoms with van der Waals surface area (Å²) >= 11 is 0. The van der Waals surface area contributed by atoms with E-state index >= 15 is 0 Å². The smallest absolute Gasteiger partial charge is 0.302 e. The summed E-state index contributed by atoms with van der Waals surface area (Å²) in [5, 5.41) is 9.12. The first-order chi connectivity index (χ1) is 17.1. The summed E-state index contributed by atoms with van der Waals surface area (Å²) in [5.74, 6) is 0. The van der Waals surface area contributed by atoms with E-state index in [0.29, 0.717) is 11.6 Å². The molecule has 0 saturated carbocycles. The molecular weight excluding hydrogens is 438 g/mol. The maximum atomic E-state index is 9.12. The molecule has 6 rings (SSSR count). The van der Waals surface area contributed by atoms with Crippen LogP contribution in [0.5, 0.6) is 6.01 Å². The Balaban J connectivity index is 0.000000371. The van der Waals surface area contributed by atoms with E-state index in [2.05, 4.69) is 34.1 Å². The first-order valence-electron chi connectivity index (χ1n) is 11.6. The van der Waals surface area contributed by atoms with Crippen LogP contribution in [0.25, 0.3) is 39.1 Å². The van der Waals surface area contributed by atoms with Gasteiger partial charge in [0.05, 0.1) is 47.4 Å². The maximum Gasteiger partial charge on any atom is 0.302 e. The number of hydrogen-bond acceptors (Lipinski definition) is 6. The minimum Gasteiger partial charge on any atom is -0.468 e. The van der Waals surface area contributed by atoms with Crippen LogP contribution >= 0.6 is 0 Å². The fourth-order valence-corrected chi connectivity index (χ4v) is 4.44. The van der Waals surface area contributed by atoms with Crippen molar-refractivity contribution in [2.24, 2.45) is 7.05 Å². The van der Waals surface area contributed by atoms with Gasteiger partial charge in [-0.3, -0.25) is 4.40 Å². The van der Waals surface area contributed by atoms with E-state index in [1.54, 1.807) is 31.8 Å². The first kappa shape index (κ1) is 22.6. The predicted octanol–water partition coefficient (Wildman–Crippen LogP) is 4.54. The molecule has 4 heterocycles. The summed E-state index contributed by atoms with van der Waals surface area (Å²) in [6, 6.07) is 16.1. The lowest BCUT2D eigenvalue weighted by molar-refractivity contribution is 0.375. The van der Waals surface area contributed by atoms with Crippen molar-refractivity contribution in [1.29, 1.82) is 5.26 Å². The standard InChI is InChI=1S/C22H16N6O.C5H11N/c1-27-13-25-17-11-16(7-8-18(17)27)19-20(15-5-3-14(12-23)4-6-15)26-22(29-2)28-10-9-24-21(19)28;1-6-4-2-3-5-6/h3-11,13H,1-2H3;2-5H2,1H3. The summed E-state index contributed by atoms with van der Waals surface area (Å²) in [7, 11) is 5.73. The van der Waals surface area contributed by atoms with Crippen molar-refractivity contribution in [3.05, 3.63) is 66.7 Å². The minimum absolute atomic E-state index is 0.444. The number of methoxy groups -OCH3 is 1. The highest BCUT2D eigenvalue weighted by molar-refractivity contribution is 5.93. The van der Waals surface area contributed by atoms with Gasteiger partial charge < -0.3 is 14.2 Å². The number of likely N-dealkylation sites (tertiary alicyclic amines) is 1. The molecule has 1 fully saturated rings. The number of benzene rings is 2. The van der Waals surface area contributed by atoms with Gasteiger partial charge in [0.2, 0.25) is 0 Å². The number of aryl methyl sites for hydroxylation is 1. The molecule has 0 spiro atoms. The number of imidazole rings is 2. The summed E-state index contributed by atoms with van der Waals surface area (Å²) in [6.45, 7) is 2.64. The molecule has 0 N–H and O–H groups in total. The quantitative estimate of drug-likeness (QED) is 0.389. The lowest BCUT2D eigenvalue weighted by Crippen LogP contribution is -2.10. The van der Waals surface area contributed by atoms with Gasteiger partial charge >= 0.3 is 6.01 Å². The van der Waals surface area contributed by atoms with E-state index in [0.717, 1.165) is 39.1 Å². The number of ether oxygens (including phenoxy) is 1. The molecule has 2 aromatic carbocycles. The second kappa shape index (κ2) is 9.57. The summed E-state index contributed by atoms with van der Waals surface area (Å²) < 4.78 is 9.31.